The predicted octanol–water partition coefficient (Wildman–Crippen LogP) is 4.07. The normalized spacial score (nSPS) is 20.8. The molecule has 7 nitrogen and oxygen atoms in total. The molecule has 1 fully saturated rings. The van der Waals surface area contributed by atoms with Crippen molar-refractivity contribution in [1.29, 1.82) is 0 Å². The Balaban J connectivity index is 1.16. The van der Waals surface area contributed by atoms with Gasteiger partial charge in [-0.3, -0.25) is 0 Å². The lowest BCUT2D eigenvalue weighted by Gasteiger charge is -2.34. The Hall–Kier alpha value is -3.13. The predicted molar refractivity (Wildman–Crippen MR) is 126 cm³/mol. The van der Waals surface area contributed by atoms with Crippen molar-refractivity contribution in [3.63, 3.8) is 0 Å². The highest BCUT2D eigenvalue weighted by Gasteiger charge is 2.30. The van der Waals surface area contributed by atoms with E-state index in [1.807, 2.05) is 48.7 Å². The summed E-state index contributed by atoms with van der Waals surface area (Å²) >= 11 is 0. The summed E-state index contributed by atoms with van der Waals surface area (Å²) in [5.41, 5.74) is 4.15. The zero-order valence-electron chi connectivity index (χ0n) is 18.7. The van der Waals surface area contributed by atoms with Gasteiger partial charge in [-0.05, 0) is 48.7 Å². The smallest absolute Gasteiger partial charge is 0.167 e. The lowest BCUT2D eigenvalue weighted by Crippen LogP contribution is -2.45. The van der Waals surface area contributed by atoms with Crippen LogP contribution in [0, 0.1) is 0 Å². The number of nitrogens with zero attached hydrogens (tertiary/aromatic N) is 1. The molecular formula is C26H29N3O4. The topological polar surface area (TPSA) is 92.5 Å². The van der Waals surface area contributed by atoms with Crippen LogP contribution in [-0.4, -0.2) is 47.2 Å². The lowest BCUT2D eigenvalue weighted by atomic mass is 9.98. The maximum Gasteiger partial charge on any atom is 0.167 e. The van der Waals surface area contributed by atoms with Crippen LogP contribution in [0.25, 0.3) is 22.2 Å². The number of H-pyrrole nitrogens is 1. The van der Waals surface area contributed by atoms with Gasteiger partial charge in [0.1, 0.15) is 5.75 Å². The molecule has 1 aliphatic heterocycles. The molecule has 2 aromatic heterocycles. The largest absolute Gasteiger partial charge is 0.497 e. The molecule has 3 heterocycles. The number of ether oxygens (including phenoxy) is 2. The quantitative estimate of drug-likeness (QED) is 0.377. The average Bonchev–Trinajstić information content (AvgIpc) is 3.48. The standard InChI is InChI=1S/C26H29N3O4/c1-31-20-8-6-17(7-9-20)25-13-19(29-33-25)12-21-10-11-24(30)26(32-21)16-27-14-18-15-28-23-5-3-2-4-22(18)23/h2-9,13,15,21,24,26-28,30H,10-12,14,16H2,1H3. The van der Waals surface area contributed by atoms with Crippen molar-refractivity contribution in [2.75, 3.05) is 13.7 Å². The highest BCUT2D eigenvalue weighted by molar-refractivity contribution is 5.82. The van der Waals surface area contributed by atoms with Gasteiger partial charge in [-0.1, -0.05) is 23.4 Å². The molecule has 0 amide bonds. The molecule has 33 heavy (non-hydrogen) atoms. The third-order valence-corrected chi connectivity index (χ3v) is 6.29. The number of aliphatic hydroxyl groups excluding tert-OH is 1. The molecule has 3 unspecified atom stereocenters. The first-order valence-electron chi connectivity index (χ1n) is 11.4. The number of rotatable bonds is 8. The van der Waals surface area contributed by atoms with E-state index in [9.17, 15) is 5.11 Å². The van der Waals surface area contributed by atoms with Gasteiger partial charge in [0.2, 0.25) is 0 Å². The second kappa shape index (κ2) is 9.79. The Morgan fingerprint density at radius 3 is 2.85 bits per heavy atom. The van der Waals surface area contributed by atoms with Gasteiger partial charge in [-0.2, -0.15) is 0 Å². The van der Waals surface area contributed by atoms with Gasteiger partial charge in [0, 0.05) is 48.2 Å². The molecule has 1 saturated heterocycles. The zero-order chi connectivity index (χ0) is 22.6. The van der Waals surface area contributed by atoms with Crippen LogP contribution in [0.5, 0.6) is 5.75 Å². The molecule has 1 aliphatic rings. The van der Waals surface area contributed by atoms with Crippen LogP contribution in [-0.2, 0) is 17.7 Å². The fourth-order valence-corrected chi connectivity index (χ4v) is 4.44. The van der Waals surface area contributed by atoms with Crippen molar-refractivity contribution >= 4 is 10.9 Å². The Morgan fingerprint density at radius 1 is 1.15 bits per heavy atom. The van der Waals surface area contributed by atoms with E-state index < -0.39 is 6.10 Å². The number of para-hydroxylation sites is 1. The van der Waals surface area contributed by atoms with Crippen molar-refractivity contribution in [3.8, 4) is 17.1 Å². The second-order valence-corrected chi connectivity index (χ2v) is 8.55. The van der Waals surface area contributed by atoms with Gasteiger partial charge in [0.25, 0.3) is 0 Å². The summed E-state index contributed by atoms with van der Waals surface area (Å²) < 4.78 is 17.0. The summed E-state index contributed by atoms with van der Waals surface area (Å²) in [7, 11) is 1.65. The van der Waals surface area contributed by atoms with Crippen molar-refractivity contribution in [2.45, 2.75) is 44.1 Å². The number of hydrogen-bond acceptors (Lipinski definition) is 6. The number of fused-ring (bicyclic) bond motifs is 1. The van der Waals surface area contributed by atoms with Gasteiger partial charge < -0.3 is 29.4 Å². The van der Waals surface area contributed by atoms with Crippen molar-refractivity contribution in [1.82, 2.24) is 15.5 Å². The van der Waals surface area contributed by atoms with Crippen molar-refractivity contribution < 1.29 is 19.1 Å². The summed E-state index contributed by atoms with van der Waals surface area (Å²) in [5.74, 6) is 1.53. The molecule has 4 aromatic rings. The van der Waals surface area contributed by atoms with E-state index in [-0.39, 0.29) is 12.2 Å². The highest BCUT2D eigenvalue weighted by Crippen LogP contribution is 2.26. The molecule has 2 aromatic carbocycles. The first-order chi connectivity index (χ1) is 16.2. The van der Waals surface area contributed by atoms with Gasteiger partial charge in [0.05, 0.1) is 31.1 Å². The SMILES string of the molecule is COc1ccc(-c2cc(CC3CCC(O)C(CNCc4c[nH]c5ccccc45)O3)no2)cc1. The summed E-state index contributed by atoms with van der Waals surface area (Å²) in [6.45, 7) is 1.31. The van der Waals surface area contributed by atoms with E-state index >= 15 is 0 Å². The monoisotopic (exact) mass is 447 g/mol. The molecule has 0 saturated carbocycles. The molecule has 5 rings (SSSR count). The second-order valence-electron chi connectivity index (χ2n) is 8.55. The van der Waals surface area contributed by atoms with Gasteiger partial charge in [-0.25, -0.2) is 0 Å². The molecular weight excluding hydrogens is 418 g/mol. The van der Waals surface area contributed by atoms with Gasteiger partial charge >= 0.3 is 0 Å². The summed E-state index contributed by atoms with van der Waals surface area (Å²) in [4.78, 5) is 3.30. The molecule has 0 aliphatic carbocycles. The fourth-order valence-electron chi connectivity index (χ4n) is 4.44. The summed E-state index contributed by atoms with van der Waals surface area (Å²) in [6, 6.07) is 17.9. The van der Waals surface area contributed by atoms with E-state index in [1.54, 1.807) is 7.11 Å². The van der Waals surface area contributed by atoms with Crippen LogP contribution >= 0.6 is 0 Å². The van der Waals surface area contributed by atoms with Crippen LogP contribution in [0.1, 0.15) is 24.1 Å². The third-order valence-electron chi connectivity index (χ3n) is 6.29. The van der Waals surface area contributed by atoms with Crippen LogP contribution in [0.4, 0.5) is 0 Å². The molecule has 0 radical (unpaired) electrons. The Bertz CT molecular complexity index is 1180. The molecule has 0 bridgehead atoms. The van der Waals surface area contributed by atoms with Crippen LogP contribution < -0.4 is 10.1 Å². The van der Waals surface area contributed by atoms with Gasteiger partial charge in [-0.15, -0.1) is 0 Å². The van der Waals surface area contributed by atoms with Gasteiger partial charge in [0.15, 0.2) is 5.76 Å². The van der Waals surface area contributed by atoms with Crippen LogP contribution in [0.15, 0.2) is 65.3 Å². The number of nitrogens with one attached hydrogen (secondary N) is 2. The van der Waals surface area contributed by atoms with Crippen LogP contribution in [0.2, 0.25) is 0 Å². The van der Waals surface area contributed by atoms with Crippen molar-refractivity contribution in [3.05, 3.63) is 72.1 Å². The molecule has 0 spiro atoms. The fraction of sp³-hybridized carbons (Fsp3) is 0.346. The number of methoxy groups -OCH3 is 1. The van der Waals surface area contributed by atoms with E-state index in [2.05, 4.69) is 27.6 Å². The van der Waals surface area contributed by atoms with E-state index in [1.165, 1.54) is 10.9 Å². The minimum Gasteiger partial charge on any atom is -0.497 e. The first kappa shape index (κ1) is 21.7. The number of aliphatic hydroxyl groups is 1. The van der Waals surface area contributed by atoms with Crippen molar-refractivity contribution in [2.24, 2.45) is 0 Å². The maximum atomic E-state index is 10.5. The minimum atomic E-state index is -0.469. The first-order valence-corrected chi connectivity index (χ1v) is 11.4. The molecule has 3 N–H and O–H groups in total. The van der Waals surface area contributed by atoms with E-state index in [4.69, 9.17) is 14.0 Å². The third kappa shape index (κ3) is 4.95. The van der Waals surface area contributed by atoms with E-state index in [0.29, 0.717) is 19.4 Å². The lowest BCUT2D eigenvalue weighted by molar-refractivity contribution is -0.115. The molecule has 172 valence electrons. The molecule has 3 atom stereocenters. The highest BCUT2D eigenvalue weighted by atomic mass is 16.5. The number of aromatic amines is 1. The maximum absolute atomic E-state index is 10.5. The Morgan fingerprint density at radius 2 is 2.00 bits per heavy atom. The number of aromatic nitrogens is 2. The minimum absolute atomic E-state index is 0.00195. The van der Waals surface area contributed by atoms with E-state index in [0.717, 1.165) is 41.2 Å². The summed E-state index contributed by atoms with van der Waals surface area (Å²) in [6.07, 6.45) is 3.49. The number of benzene rings is 2. The summed E-state index contributed by atoms with van der Waals surface area (Å²) in [5, 5.41) is 19.4. The Labute approximate surface area is 192 Å². The average molecular weight is 448 g/mol. The van der Waals surface area contributed by atoms with Crippen LogP contribution in [0.3, 0.4) is 0 Å². The Kier molecular flexibility index (Phi) is 6.44. The zero-order valence-corrected chi connectivity index (χ0v) is 18.7. The molecule has 7 heteroatoms. The number of hydrogen-bond donors (Lipinski definition) is 3.